The van der Waals surface area contributed by atoms with Gasteiger partial charge in [-0.25, -0.2) is 0 Å². The molecule has 0 saturated carbocycles. The number of hydrogen-bond acceptors (Lipinski definition) is 5. The van der Waals surface area contributed by atoms with Crippen LogP contribution >= 0.6 is 0 Å². The van der Waals surface area contributed by atoms with Crippen LogP contribution < -0.4 is 0 Å². The summed E-state index contributed by atoms with van der Waals surface area (Å²) in [6.45, 7) is 3.85. The monoisotopic (exact) mass is 260 g/mol. The summed E-state index contributed by atoms with van der Waals surface area (Å²) in [5.74, 6) is 0.161. The van der Waals surface area contributed by atoms with Gasteiger partial charge in [-0.05, 0) is 29.0 Å². The molecule has 0 radical (unpaired) electrons. The van der Waals surface area contributed by atoms with E-state index in [1.165, 1.54) is 0 Å². The van der Waals surface area contributed by atoms with Gasteiger partial charge in [0.15, 0.2) is 12.4 Å². The molecule has 100 valence electrons. The fourth-order valence-electron chi connectivity index (χ4n) is 1.51. The number of nitrogens with zero attached hydrogens (tertiary/aromatic N) is 4. The molecule has 0 saturated heterocycles. The fraction of sp³-hybridized carbons (Fsp3) is 0.385. The first-order chi connectivity index (χ1) is 9.22. The smallest absolute Gasteiger partial charge is 0.309 e. The first-order valence-electron chi connectivity index (χ1n) is 6.21. The number of aromatic nitrogens is 4. The van der Waals surface area contributed by atoms with Crippen LogP contribution in [0.5, 0.6) is 0 Å². The van der Waals surface area contributed by atoms with Crippen molar-refractivity contribution in [1.82, 2.24) is 20.2 Å². The van der Waals surface area contributed by atoms with E-state index in [1.54, 1.807) is 4.68 Å². The van der Waals surface area contributed by atoms with E-state index in [-0.39, 0.29) is 18.5 Å². The zero-order chi connectivity index (χ0) is 13.7. The molecule has 6 nitrogen and oxygen atoms in total. The normalized spacial score (nSPS) is 12.1. The molecule has 0 N–H and O–H groups in total. The van der Waals surface area contributed by atoms with Crippen LogP contribution in [0.4, 0.5) is 0 Å². The van der Waals surface area contributed by atoms with Crippen LogP contribution in [0.2, 0.25) is 0 Å². The molecule has 0 aliphatic carbocycles. The highest BCUT2D eigenvalue weighted by Crippen LogP contribution is 2.09. The summed E-state index contributed by atoms with van der Waals surface area (Å²) in [4.78, 5) is 11.6. The molecular weight excluding hydrogens is 244 g/mol. The van der Waals surface area contributed by atoms with Gasteiger partial charge in [0.05, 0.1) is 11.6 Å². The third kappa shape index (κ3) is 3.15. The number of rotatable bonds is 5. The third-order valence-corrected chi connectivity index (χ3v) is 2.89. The van der Waals surface area contributed by atoms with E-state index in [1.807, 2.05) is 44.2 Å². The Kier molecular flexibility index (Phi) is 4.22. The van der Waals surface area contributed by atoms with Gasteiger partial charge in [0.2, 0.25) is 0 Å². The van der Waals surface area contributed by atoms with E-state index in [0.29, 0.717) is 5.82 Å². The minimum absolute atomic E-state index is 0.0745. The Balaban J connectivity index is 2.07. The molecule has 2 rings (SSSR count). The van der Waals surface area contributed by atoms with Gasteiger partial charge in [0, 0.05) is 0 Å². The lowest BCUT2D eigenvalue weighted by Gasteiger charge is -2.09. The SMILES string of the molecule is CCC(C)C(=O)OCc1nnnn1-c1ccccc1. The summed E-state index contributed by atoms with van der Waals surface area (Å²) in [5, 5.41) is 11.4. The number of benzene rings is 1. The van der Waals surface area contributed by atoms with Crippen LogP contribution in [0.1, 0.15) is 26.1 Å². The molecule has 0 aliphatic rings. The van der Waals surface area contributed by atoms with E-state index < -0.39 is 0 Å². The number of esters is 1. The van der Waals surface area contributed by atoms with E-state index in [2.05, 4.69) is 15.5 Å². The highest BCUT2D eigenvalue weighted by atomic mass is 16.5. The number of carbonyl (C=O) groups excluding carboxylic acids is 1. The maximum atomic E-state index is 11.6. The average molecular weight is 260 g/mol. The Morgan fingerprint density at radius 2 is 2.11 bits per heavy atom. The van der Waals surface area contributed by atoms with Crippen LogP contribution in [0.15, 0.2) is 30.3 Å². The van der Waals surface area contributed by atoms with Crippen LogP contribution in [0.25, 0.3) is 5.69 Å². The Morgan fingerprint density at radius 3 is 2.79 bits per heavy atom. The quantitative estimate of drug-likeness (QED) is 0.766. The number of para-hydroxylation sites is 1. The number of tetrazole rings is 1. The molecule has 1 atom stereocenters. The molecule has 1 aromatic heterocycles. The molecule has 1 heterocycles. The van der Waals surface area contributed by atoms with Crippen molar-refractivity contribution >= 4 is 5.97 Å². The standard InChI is InChI=1S/C13H16N4O2/c1-3-10(2)13(18)19-9-12-14-15-16-17(12)11-7-5-4-6-8-11/h4-8,10H,3,9H2,1-2H3. The highest BCUT2D eigenvalue weighted by molar-refractivity contribution is 5.71. The van der Waals surface area contributed by atoms with Crippen molar-refractivity contribution < 1.29 is 9.53 Å². The number of ether oxygens (including phenoxy) is 1. The van der Waals surface area contributed by atoms with E-state index in [9.17, 15) is 4.79 Å². The predicted octanol–water partition coefficient (Wildman–Crippen LogP) is 1.75. The lowest BCUT2D eigenvalue weighted by Crippen LogP contribution is -2.15. The Morgan fingerprint density at radius 1 is 1.37 bits per heavy atom. The van der Waals surface area contributed by atoms with Crippen LogP contribution in [-0.2, 0) is 16.1 Å². The van der Waals surface area contributed by atoms with Crippen molar-refractivity contribution in [2.24, 2.45) is 5.92 Å². The van der Waals surface area contributed by atoms with Crippen molar-refractivity contribution in [2.45, 2.75) is 26.9 Å². The second kappa shape index (κ2) is 6.08. The highest BCUT2D eigenvalue weighted by Gasteiger charge is 2.15. The van der Waals surface area contributed by atoms with Gasteiger partial charge in [-0.3, -0.25) is 4.79 Å². The molecule has 2 aromatic rings. The minimum atomic E-state index is -0.231. The number of hydrogen-bond donors (Lipinski definition) is 0. The predicted molar refractivity (Wildman–Crippen MR) is 68.4 cm³/mol. The molecule has 1 aromatic carbocycles. The Labute approximate surface area is 111 Å². The fourth-order valence-corrected chi connectivity index (χ4v) is 1.51. The topological polar surface area (TPSA) is 69.9 Å². The lowest BCUT2D eigenvalue weighted by atomic mass is 10.1. The van der Waals surface area contributed by atoms with Crippen LogP contribution in [0, 0.1) is 5.92 Å². The van der Waals surface area contributed by atoms with Crippen molar-refractivity contribution in [2.75, 3.05) is 0 Å². The zero-order valence-electron chi connectivity index (χ0n) is 11.0. The van der Waals surface area contributed by atoms with E-state index in [0.717, 1.165) is 12.1 Å². The van der Waals surface area contributed by atoms with Gasteiger partial charge < -0.3 is 4.74 Å². The van der Waals surface area contributed by atoms with Gasteiger partial charge >= 0.3 is 5.97 Å². The first kappa shape index (κ1) is 13.2. The summed E-state index contributed by atoms with van der Waals surface area (Å²) in [5.41, 5.74) is 0.835. The molecule has 0 bridgehead atoms. The number of carbonyl (C=O) groups is 1. The van der Waals surface area contributed by atoms with Crippen molar-refractivity contribution in [1.29, 1.82) is 0 Å². The van der Waals surface area contributed by atoms with Crippen molar-refractivity contribution in [3.63, 3.8) is 0 Å². The maximum absolute atomic E-state index is 11.6. The summed E-state index contributed by atoms with van der Waals surface area (Å²) >= 11 is 0. The van der Waals surface area contributed by atoms with Crippen LogP contribution in [0.3, 0.4) is 0 Å². The van der Waals surface area contributed by atoms with Crippen molar-refractivity contribution in [3.8, 4) is 5.69 Å². The second-order valence-corrected chi connectivity index (χ2v) is 4.26. The molecule has 6 heteroatoms. The molecule has 19 heavy (non-hydrogen) atoms. The Bertz CT molecular complexity index is 539. The van der Waals surface area contributed by atoms with Gasteiger partial charge in [-0.1, -0.05) is 32.0 Å². The second-order valence-electron chi connectivity index (χ2n) is 4.26. The average Bonchev–Trinajstić information content (AvgIpc) is 2.93. The first-order valence-corrected chi connectivity index (χ1v) is 6.21. The molecule has 0 spiro atoms. The van der Waals surface area contributed by atoms with Gasteiger partial charge in [-0.2, -0.15) is 4.68 Å². The summed E-state index contributed by atoms with van der Waals surface area (Å²) in [6, 6.07) is 9.47. The van der Waals surface area contributed by atoms with Gasteiger partial charge in [0.25, 0.3) is 0 Å². The van der Waals surface area contributed by atoms with E-state index >= 15 is 0 Å². The van der Waals surface area contributed by atoms with Crippen LogP contribution in [-0.4, -0.2) is 26.2 Å². The molecular formula is C13H16N4O2. The molecule has 0 fully saturated rings. The molecule has 1 unspecified atom stereocenters. The Hall–Kier alpha value is -2.24. The maximum Gasteiger partial charge on any atom is 0.309 e. The molecule has 0 amide bonds. The summed E-state index contributed by atoms with van der Waals surface area (Å²) in [7, 11) is 0. The van der Waals surface area contributed by atoms with Gasteiger partial charge in [-0.15, -0.1) is 5.10 Å². The lowest BCUT2D eigenvalue weighted by molar-refractivity contribution is -0.149. The minimum Gasteiger partial charge on any atom is -0.457 e. The third-order valence-electron chi connectivity index (χ3n) is 2.89. The largest absolute Gasteiger partial charge is 0.457 e. The summed E-state index contributed by atoms with van der Waals surface area (Å²) < 4.78 is 6.76. The van der Waals surface area contributed by atoms with Crippen molar-refractivity contribution in [3.05, 3.63) is 36.2 Å². The zero-order valence-corrected chi connectivity index (χ0v) is 11.0. The summed E-state index contributed by atoms with van der Waals surface area (Å²) in [6.07, 6.45) is 0.752. The molecule has 0 aliphatic heterocycles. The van der Waals surface area contributed by atoms with Gasteiger partial charge in [0.1, 0.15) is 0 Å². The van der Waals surface area contributed by atoms with E-state index in [4.69, 9.17) is 4.74 Å².